The van der Waals surface area contributed by atoms with Crippen molar-refractivity contribution < 1.29 is 13.9 Å². The Labute approximate surface area is 206 Å². The third kappa shape index (κ3) is 5.62. The van der Waals surface area contributed by atoms with Crippen molar-refractivity contribution in [3.63, 3.8) is 0 Å². The normalized spacial score (nSPS) is 11.9. The molecule has 0 bridgehead atoms. The van der Waals surface area contributed by atoms with Crippen LogP contribution < -0.4 is 10.1 Å². The summed E-state index contributed by atoms with van der Waals surface area (Å²) in [7, 11) is 0. The number of amides is 1. The van der Waals surface area contributed by atoms with Gasteiger partial charge in [-0.05, 0) is 76.1 Å². The van der Waals surface area contributed by atoms with E-state index in [0.717, 1.165) is 39.2 Å². The van der Waals surface area contributed by atoms with Crippen molar-refractivity contribution in [3.05, 3.63) is 71.7 Å². The van der Waals surface area contributed by atoms with Crippen molar-refractivity contribution in [2.24, 2.45) is 0 Å². The molecule has 7 nitrogen and oxygen atoms in total. The van der Waals surface area contributed by atoms with Gasteiger partial charge in [-0.3, -0.25) is 4.79 Å². The van der Waals surface area contributed by atoms with E-state index < -0.39 is 0 Å². The number of carbonyl (C=O) groups excluding carboxylic acids is 1. The highest BCUT2D eigenvalue weighted by molar-refractivity contribution is 5.85. The van der Waals surface area contributed by atoms with Gasteiger partial charge in [-0.15, -0.1) is 0 Å². The molecule has 1 N–H and O–H groups in total. The molecule has 1 unspecified atom stereocenters. The average molecular weight is 473 g/mol. The SMILES string of the molecule is CCN(CC)C(=O)COc1cccc(C(C)Nc2cc(-c3ccc4occ(C)c4c3)nc(C)n2)c1. The predicted octanol–water partition coefficient (Wildman–Crippen LogP) is 5.93. The summed E-state index contributed by atoms with van der Waals surface area (Å²) in [5.74, 6) is 2.08. The number of aryl methyl sites for hydroxylation is 2. The molecule has 1 amide bonds. The lowest BCUT2D eigenvalue weighted by Crippen LogP contribution is -2.34. The monoisotopic (exact) mass is 472 g/mol. The number of nitrogens with one attached hydrogen (secondary N) is 1. The van der Waals surface area contributed by atoms with Crippen LogP contribution in [-0.2, 0) is 4.79 Å². The Balaban J connectivity index is 1.49. The third-order valence-electron chi connectivity index (χ3n) is 6.10. The summed E-state index contributed by atoms with van der Waals surface area (Å²) >= 11 is 0. The highest BCUT2D eigenvalue weighted by atomic mass is 16.5. The molecule has 2 aromatic carbocycles. The zero-order chi connectivity index (χ0) is 24.9. The summed E-state index contributed by atoms with van der Waals surface area (Å²) < 4.78 is 11.4. The number of hydrogen-bond acceptors (Lipinski definition) is 6. The molecule has 2 aromatic heterocycles. The van der Waals surface area contributed by atoms with E-state index in [9.17, 15) is 4.79 Å². The number of hydrogen-bond donors (Lipinski definition) is 1. The molecule has 0 aliphatic rings. The number of carbonyl (C=O) groups is 1. The molecule has 0 saturated carbocycles. The summed E-state index contributed by atoms with van der Waals surface area (Å²) in [6, 6.07) is 15.8. The molecule has 1 atom stereocenters. The quantitative estimate of drug-likeness (QED) is 0.325. The summed E-state index contributed by atoms with van der Waals surface area (Å²) in [6.45, 7) is 11.3. The second kappa shape index (κ2) is 10.6. The van der Waals surface area contributed by atoms with Gasteiger partial charge >= 0.3 is 0 Å². The summed E-state index contributed by atoms with van der Waals surface area (Å²) in [5.41, 5.74) is 4.86. The molecule has 0 fully saturated rings. The number of fused-ring (bicyclic) bond motifs is 1. The van der Waals surface area contributed by atoms with Gasteiger partial charge in [0.1, 0.15) is 23.0 Å². The fourth-order valence-corrected chi connectivity index (χ4v) is 4.10. The Morgan fingerprint density at radius 3 is 2.66 bits per heavy atom. The fraction of sp³-hybridized carbons (Fsp3) is 0.321. The van der Waals surface area contributed by atoms with Gasteiger partial charge in [0.05, 0.1) is 18.0 Å². The van der Waals surface area contributed by atoms with Crippen molar-refractivity contribution in [1.82, 2.24) is 14.9 Å². The van der Waals surface area contributed by atoms with Crippen molar-refractivity contribution in [1.29, 1.82) is 0 Å². The molecular formula is C28H32N4O3. The van der Waals surface area contributed by atoms with Gasteiger partial charge in [-0.2, -0.15) is 0 Å². The molecule has 182 valence electrons. The lowest BCUT2D eigenvalue weighted by molar-refractivity contribution is -0.132. The van der Waals surface area contributed by atoms with Gasteiger partial charge in [0.15, 0.2) is 6.61 Å². The first kappa shape index (κ1) is 24.3. The number of anilines is 1. The highest BCUT2D eigenvalue weighted by Gasteiger charge is 2.13. The lowest BCUT2D eigenvalue weighted by atomic mass is 10.1. The lowest BCUT2D eigenvalue weighted by Gasteiger charge is -2.19. The van der Waals surface area contributed by atoms with Crippen molar-refractivity contribution >= 4 is 22.7 Å². The average Bonchev–Trinajstić information content (AvgIpc) is 3.23. The van der Waals surface area contributed by atoms with E-state index >= 15 is 0 Å². The van der Waals surface area contributed by atoms with Crippen LogP contribution in [0.5, 0.6) is 5.75 Å². The maximum absolute atomic E-state index is 12.3. The Bertz CT molecular complexity index is 1330. The Hall–Kier alpha value is -3.87. The molecule has 2 heterocycles. The smallest absolute Gasteiger partial charge is 0.260 e. The van der Waals surface area contributed by atoms with Gasteiger partial charge in [0.25, 0.3) is 5.91 Å². The molecule has 0 saturated heterocycles. The Morgan fingerprint density at radius 2 is 1.89 bits per heavy atom. The van der Waals surface area contributed by atoms with Crippen LogP contribution in [0, 0.1) is 13.8 Å². The van der Waals surface area contributed by atoms with Gasteiger partial charge < -0.3 is 19.4 Å². The van der Waals surface area contributed by atoms with Crippen molar-refractivity contribution in [2.75, 3.05) is 25.0 Å². The number of furan rings is 1. The number of aromatic nitrogens is 2. The summed E-state index contributed by atoms with van der Waals surface area (Å²) in [6.07, 6.45) is 1.77. The van der Waals surface area contributed by atoms with Crippen LogP contribution in [0.2, 0.25) is 0 Å². The standard InChI is InChI=1S/C28H32N4O3/c1-6-32(7-2)28(33)17-34-23-10-8-9-21(13-23)19(4)29-27-15-25(30-20(5)31-27)22-11-12-26-24(14-22)18(3)16-35-26/h8-16,19H,6-7,17H2,1-5H3,(H,29,30,31). The molecular weight excluding hydrogens is 440 g/mol. The van der Waals surface area contributed by atoms with E-state index in [4.69, 9.17) is 9.15 Å². The minimum absolute atomic E-state index is 0.0145. The first-order chi connectivity index (χ1) is 16.9. The van der Waals surface area contributed by atoms with Crippen LogP contribution in [0.15, 0.2) is 59.2 Å². The second-order valence-corrected chi connectivity index (χ2v) is 8.61. The molecule has 4 aromatic rings. The van der Waals surface area contributed by atoms with E-state index in [0.29, 0.717) is 24.7 Å². The molecule has 0 spiro atoms. The third-order valence-corrected chi connectivity index (χ3v) is 6.10. The second-order valence-electron chi connectivity index (χ2n) is 8.61. The number of likely N-dealkylation sites (N-methyl/N-ethyl adjacent to an activating group) is 1. The Morgan fingerprint density at radius 1 is 1.09 bits per heavy atom. The van der Waals surface area contributed by atoms with Gasteiger partial charge in [0, 0.05) is 30.1 Å². The van der Waals surface area contributed by atoms with Crippen LogP contribution in [-0.4, -0.2) is 40.5 Å². The van der Waals surface area contributed by atoms with Crippen LogP contribution in [0.25, 0.3) is 22.2 Å². The molecule has 7 heteroatoms. The number of benzene rings is 2. The first-order valence-corrected chi connectivity index (χ1v) is 12.0. The van der Waals surface area contributed by atoms with Crippen molar-refractivity contribution in [3.8, 4) is 17.0 Å². The molecule has 35 heavy (non-hydrogen) atoms. The fourth-order valence-electron chi connectivity index (χ4n) is 4.10. The van der Waals surface area contributed by atoms with Gasteiger partial charge in [-0.1, -0.05) is 12.1 Å². The minimum atomic E-state index is -0.0298. The largest absolute Gasteiger partial charge is 0.484 e. The van der Waals surface area contributed by atoms with Crippen LogP contribution in [0.1, 0.15) is 43.8 Å². The summed E-state index contributed by atoms with van der Waals surface area (Å²) in [5, 5.41) is 4.56. The van der Waals surface area contributed by atoms with E-state index in [1.807, 2.05) is 70.2 Å². The van der Waals surface area contributed by atoms with E-state index in [2.05, 4.69) is 28.3 Å². The molecule has 0 radical (unpaired) electrons. The van der Waals surface area contributed by atoms with Gasteiger partial charge in [-0.25, -0.2) is 9.97 Å². The van der Waals surface area contributed by atoms with E-state index in [1.165, 1.54) is 0 Å². The predicted molar refractivity (Wildman–Crippen MR) is 139 cm³/mol. The van der Waals surface area contributed by atoms with E-state index in [-0.39, 0.29) is 18.6 Å². The zero-order valence-electron chi connectivity index (χ0n) is 21.0. The minimum Gasteiger partial charge on any atom is -0.484 e. The summed E-state index contributed by atoms with van der Waals surface area (Å²) in [4.78, 5) is 23.3. The maximum Gasteiger partial charge on any atom is 0.260 e. The first-order valence-electron chi connectivity index (χ1n) is 12.0. The van der Waals surface area contributed by atoms with Gasteiger partial charge in [0.2, 0.25) is 0 Å². The van der Waals surface area contributed by atoms with Crippen molar-refractivity contribution in [2.45, 2.75) is 40.7 Å². The molecule has 0 aliphatic heterocycles. The zero-order valence-corrected chi connectivity index (χ0v) is 21.0. The number of rotatable bonds is 9. The molecule has 4 rings (SSSR count). The Kier molecular flexibility index (Phi) is 7.34. The topological polar surface area (TPSA) is 80.5 Å². The van der Waals surface area contributed by atoms with E-state index in [1.54, 1.807) is 11.2 Å². The van der Waals surface area contributed by atoms with Crippen LogP contribution in [0.4, 0.5) is 5.82 Å². The highest BCUT2D eigenvalue weighted by Crippen LogP contribution is 2.29. The maximum atomic E-state index is 12.3. The number of ether oxygens (including phenoxy) is 1. The van der Waals surface area contributed by atoms with Crippen LogP contribution in [0.3, 0.4) is 0 Å². The van der Waals surface area contributed by atoms with Crippen LogP contribution >= 0.6 is 0 Å². The number of nitrogens with zero attached hydrogens (tertiary/aromatic N) is 3. The molecule has 0 aliphatic carbocycles.